The third-order valence-corrected chi connectivity index (χ3v) is 4.62. The molecular weight excluding hydrogens is 258 g/mol. The van der Waals surface area contributed by atoms with Crippen molar-refractivity contribution in [2.24, 2.45) is 5.84 Å². The van der Waals surface area contributed by atoms with Crippen LogP contribution in [0.2, 0.25) is 5.02 Å². The van der Waals surface area contributed by atoms with Gasteiger partial charge in [0, 0.05) is 11.3 Å². The van der Waals surface area contributed by atoms with E-state index >= 15 is 0 Å². The highest BCUT2D eigenvalue weighted by atomic mass is 35.5. The van der Waals surface area contributed by atoms with E-state index in [2.05, 4.69) is 27.6 Å². The lowest BCUT2D eigenvalue weighted by Crippen LogP contribution is -2.27. The molecule has 2 heterocycles. The summed E-state index contributed by atoms with van der Waals surface area (Å²) in [5, 5.41) is 3.78. The van der Waals surface area contributed by atoms with Gasteiger partial charge in [-0.1, -0.05) is 11.6 Å². The van der Waals surface area contributed by atoms with Crippen molar-refractivity contribution < 1.29 is 0 Å². The molecule has 4 N–H and O–H groups in total. The molecule has 1 unspecified atom stereocenters. The number of nitrogens with one attached hydrogen (secondary N) is 2. The molecule has 0 aliphatic carbocycles. The van der Waals surface area contributed by atoms with Gasteiger partial charge in [-0.2, -0.15) is 16.7 Å². The third-order valence-electron chi connectivity index (χ3n) is 2.80. The lowest BCUT2D eigenvalue weighted by atomic mass is 10.1. The largest absolute Gasteiger partial charge is 0.367 e. The van der Waals surface area contributed by atoms with Crippen LogP contribution in [-0.2, 0) is 0 Å². The van der Waals surface area contributed by atoms with Gasteiger partial charge in [-0.15, -0.1) is 0 Å². The highest BCUT2D eigenvalue weighted by Gasteiger charge is 2.29. The van der Waals surface area contributed by atoms with Crippen molar-refractivity contribution in [3.05, 3.63) is 11.2 Å². The Morgan fingerprint density at radius 1 is 1.65 bits per heavy atom. The van der Waals surface area contributed by atoms with Crippen LogP contribution in [0.3, 0.4) is 0 Å². The number of nitrogens with zero attached hydrogens (tertiary/aromatic N) is 2. The Labute approximate surface area is 110 Å². The van der Waals surface area contributed by atoms with E-state index in [0.29, 0.717) is 16.8 Å². The number of anilines is 2. The van der Waals surface area contributed by atoms with Crippen LogP contribution in [0.25, 0.3) is 0 Å². The van der Waals surface area contributed by atoms with E-state index in [4.69, 9.17) is 17.4 Å². The Kier molecular flexibility index (Phi) is 3.96. The van der Waals surface area contributed by atoms with Crippen molar-refractivity contribution in [2.45, 2.75) is 24.5 Å². The molecule has 94 valence electrons. The zero-order valence-electron chi connectivity index (χ0n) is 9.66. The summed E-state index contributed by atoms with van der Waals surface area (Å²) in [6.07, 6.45) is 4.03. The minimum absolute atomic E-state index is 0.268. The van der Waals surface area contributed by atoms with Gasteiger partial charge in [-0.25, -0.2) is 10.8 Å². The average molecular weight is 274 g/mol. The fourth-order valence-corrected chi connectivity index (χ4v) is 3.21. The summed E-state index contributed by atoms with van der Waals surface area (Å²) in [6, 6.07) is 0. The quantitative estimate of drug-likeness (QED) is 0.576. The maximum Gasteiger partial charge on any atom is 0.239 e. The molecule has 1 aromatic heterocycles. The standard InChI is InChI=1S/C10H16ClN5S/c1-10(3-2-4-17-10)6-14-8-7(11)5-13-9(15-8)16-12/h5H,2-4,6,12H2,1H3,(H2,13,14,15,16). The predicted octanol–water partition coefficient (Wildman–Crippen LogP) is 2.11. The van der Waals surface area contributed by atoms with E-state index < -0.39 is 0 Å². The van der Waals surface area contributed by atoms with Crippen LogP contribution < -0.4 is 16.6 Å². The van der Waals surface area contributed by atoms with Gasteiger partial charge in [0.25, 0.3) is 0 Å². The Hall–Kier alpha value is -0.720. The first-order valence-electron chi connectivity index (χ1n) is 5.50. The summed E-state index contributed by atoms with van der Waals surface area (Å²) in [5.74, 6) is 7.48. The Bertz CT molecular complexity index is 394. The fraction of sp³-hybridized carbons (Fsp3) is 0.600. The van der Waals surface area contributed by atoms with Gasteiger partial charge in [0.15, 0.2) is 5.82 Å². The number of thioether (sulfide) groups is 1. The van der Waals surface area contributed by atoms with Gasteiger partial charge >= 0.3 is 0 Å². The monoisotopic (exact) mass is 273 g/mol. The van der Waals surface area contributed by atoms with Gasteiger partial charge in [0.2, 0.25) is 5.95 Å². The van der Waals surface area contributed by atoms with E-state index in [1.807, 2.05) is 11.8 Å². The number of hydrogen-bond acceptors (Lipinski definition) is 6. The van der Waals surface area contributed by atoms with Gasteiger partial charge in [0.05, 0.1) is 6.20 Å². The molecule has 1 fully saturated rings. The highest BCUT2D eigenvalue weighted by Crippen LogP contribution is 2.37. The summed E-state index contributed by atoms with van der Waals surface area (Å²) in [4.78, 5) is 8.11. The first kappa shape index (κ1) is 12.7. The minimum Gasteiger partial charge on any atom is -0.367 e. The van der Waals surface area contributed by atoms with Crippen LogP contribution in [0.15, 0.2) is 6.20 Å². The molecule has 7 heteroatoms. The maximum atomic E-state index is 6.02. The first-order valence-corrected chi connectivity index (χ1v) is 6.86. The fourth-order valence-electron chi connectivity index (χ4n) is 1.81. The summed E-state index contributed by atoms with van der Waals surface area (Å²) in [6.45, 7) is 3.10. The van der Waals surface area contributed by atoms with Gasteiger partial charge in [-0.05, 0) is 25.5 Å². The topological polar surface area (TPSA) is 75.9 Å². The molecule has 0 spiro atoms. The zero-order valence-corrected chi connectivity index (χ0v) is 11.2. The molecule has 0 saturated carbocycles. The van der Waals surface area contributed by atoms with Crippen molar-refractivity contribution in [2.75, 3.05) is 23.0 Å². The Morgan fingerprint density at radius 2 is 2.47 bits per heavy atom. The van der Waals surface area contributed by atoms with E-state index in [0.717, 1.165) is 6.54 Å². The van der Waals surface area contributed by atoms with Crippen LogP contribution in [-0.4, -0.2) is 27.0 Å². The third kappa shape index (κ3) is 3.14. The summed E-state index contributed by atoms with van der Waals surface area (Å²) < 4.78 is 0.268. The minimum atomic E-state index is 0.268. The van der Waals surface area contributed by atoms with Crippen LogP contribution >= 0.6 is 23.4 Å². The Morgan fingerprint density at radius 3 is 3.12 bits per heavy atom. The van der Waals surface area contributed by atoms with Crippen molar-refractivity contribution in [1.29, 1.82) is 0 Å². The van der Waals surface area contributed by atoms with Crippen molar-refractivity contribution in [3.63, 3.8) is 0 Å². The van der Waals surface area contributed by atoms with Crippen molar-refractivity contribution >= 4 is 35.1 Å². The Balaban J connectivity index is 2.02. The molecule has 2 rings (SSSR count). The lowest BCUT2D eigenvalue weighted by molar-refractivity contribution is 0.633. The van der Waals surface area contributed by atoms with Crippen molar-refractivity contribution in [1.82, 2.24) is 9.97 Å². The molecule has 1 aliphatic rings. The van der Waals surface area contributed by atoms with Gasteiger partial charge in [-0.3, -0.25) is 5.43 Å². The molecule has 1 aliphatic heterocycles. The van der Waals surface area contributed by atoms with Crippen LogP contribution in [0.1, 0.15) is 19.8 Å². The van der Waals surface area contributed by atoms with Crippen LogP contribution in [0.4, 0.5) is 11.8 Å². The number of nitrogen functional groups attached to an aromatic ring is 1. The molecule has 1 atom stereocenters. The molecule has 5 nitrogen and oxygen atoms in total. The smallest absolute Gasteiger partial charge is 0.239 e. The molecule has 0 amide bonds. The predicted molar refractivity (Wildman–Crippen MR) is 73.4 cm³/mol. The van der Waals surface area contributed by atoms with E-state index in [-0.39, 0.29) is 4.75 Å². The second-order valence-corrected chi connectivity index (χ2v) is 6.38. The number of hydrogen-bond donors (Lipinski definition) is 3. The van der Waals surface area contributed by atoms with E-state index in [9.17, 15) is 0 Å². The second-order valence-electron chi connectivity index (χ2n) is 4.29. The van der Waals surface area contributed by atoms with E-state index in [1.54, 1.807) is 0 Å². The summed E-state index contributed by atoms with van der Waals surface area (Å²) >= 11 is 8.01. The molecule has 17 heavy (non-hydrogen) atoms. The average Bonchev–Trinajstić information content (AvgIpc) is 2.76. The summed E-state index contributed by atoms with van der Waals surface area (Å²) in [7, 11) is 0. The molecule has 0 bridgehead atoms. The number of nitrogens with two attached hydrogens (primary N) is 1. The number of rotatable bonds is 4. The molecule has 1 saturated heterocycles. The van der Waals surface area contributed by atoms with Gasteiger partial charge < -0.3 is 5.32 Å². The van der Waals surface area contributed by atoms with Crippen LogP contribution in [0.5, 0.6) is 0 Å². The van der Waals surface area contributed by atoms with Crippen molar-refractivity contribution in [3.8, 4) is 0 Å². The maximum absolute atomic E-state index is 6.02. The second kappa shape index (κ2) is 5.29. The first-order chi connectivity index (χ1) is 8.13. The molecule has 1 aromatic rings. The molecule has 0 radical (unpaired) electrons. The lowest BCUT2D eigenvalue weighted by Gasteiger charge is -2.23. The number of hydrazine groups is 1. The molecular formula is C10H16ClN5S. The number of halogens is 1. The van der Waals surface area contributed by atoms with E-state index in [1.165, 1.54) is 24.8 Å². The number of aromatic nitrogens is 2. The zero-order chi connectivity index (χ0) is 12.3. The normalized spacial score (nSPS) is 23.7. The van der Waals surface area contributed by atoms with Crippen LogP contribution in [0, 0.1) is 0 Å². The highest BCUT2D eigenvalue weighted by molar-refractivity contribution is 8.00. The van der Waals surface area contributed by atoms with Gasteiger partial charge in [0.1, 0.15) is 5.02 Å². The summed E-state index contributed by atoms with van der Waals surface area (Å²) in [5.41, 5.74) is 2.41. The SMILES string of the molecule is CC1(CNc2nc(NN)ncc2Cl)CCCS1. The molecule has 0 aromatic carbocycles.